The van der Waals surface area contributed by atoms with E-state index in [-0.39, 0.29) is 11.5 Å². The quantitative estimate of drug-likeness (QED) is 0.296. The second-order valence-electron chi connectivity index (χ2n) is 7.48. The highest BCUT2D eigenvalue weighted by Crippen LogP contribution is 2.41. The summed E-state index contributed by atoms with van der Waals surface area (Å²) in [5, 5.41) is 30.5. The van der Waals surface area contributed by atoms with Gasteiger partial charge in [-0.3, -0.25) is 0 Å². The second kappa shape index (κ2) is 11.5. The van der Waals surface area contributed by atoms with Gasteiger partial charge < -0.3 is 15.3 Å². The van der Waals surface area contributed by atoms with Crippen molar-refractivity contribution in [1.82, 2.24) is 0 Å². The minimum absolute atomic E-state index is 0.177. The zero-order chi connectivity index (χ0) is 19.5. The topological polar surface area (TPSA) is 60.7 Å². The average molecular weight is 371 g/mol. The van der Waals surface area contributed by atoms with Gasteiger partial charge in [0, 0.05) is 12.0 Å². The first-order chi connectivity index (χ1) is 13.1. The molecule has 0 unspecified atom stereocenters. The first kappa shape index (κ1) is 21.1. The summed E-state index contributed by atoms with van der Waals surface area (Å²) >= 11 is 0. The SMILES string of the molecule is CCCCCCCCCCCc1cc(Cc2ccccc2)c(O)c(O)c1O. The van der Waals surface area contributed by atoms with Gasteiger partial charge in [-0.15, -0.1) is 0 Å². The lowest BCUT2D eigenvalue weighted by Gasteiger charge is -2.13. The van der Waals surface area contributed by atoms with Gasteiger partial charge in [-0.05, 0) is 30.0 Å². The van der Waals surface area contributed by atoms with Crippen molar-refractivity contribution in [1.29, 1.82) is 0 Å². The van der Waals surface area contributed by atoms with Crippen LogP contribution in [0, 0.1) is 0 Å². The number of hydrogen-bond acceptors (Lipinski definition) is 3. The van der Waals surface area contributed by atoms with Crippen LogP contribution < -0.4 is 0 Å². The summed E-state index contributed by atoms with van der Waals surface area (Å²) in [6.07, 6.45) is 12.5. The molecule has 0 saturated heterocycles. The molecule has 0 radical (unpaired) electrons. The molecule has 0 saturated carbocycles. The van der Waals surface area contributed by atoms with Gasteiger partial charge in [0.05, 0.1) is 0 Å². The number of phenols is 3. The Labute approximate surface area is 163 Å². The number of hydrogen-bond donors (Lipinski definition) is 3. The normalized spacial score (nSPS) is 11.0. The molecule has 2 aromatic carbocycles. The highest BCUT2D eigenvalue weighted by Gasteiger charge is 2.16. The number of rotatable bonds is 12. The lowest BCUT2D eigenvalue weighted by molar-refractivity contribution is 0.362. The third-order valence-corrected chi connectivity index (χ3v) is 5.19. The Morgan fingerprint density at radius 2 is 1.19 bits per heavy atom. The van der Waals surface area contributed by atoms with Crippen LogP contribution in [0.25, 0.3) is 0 Å². The highest BCUT2D eigenvalue weighted by atomic mass is 16.3. The van der Waals surface area contributed by atoms with E-state index in [9.17, 15) is 15.3 Å². The van der Waals surface area contributed by atoms with Crippen LogP contribution in [0.1, 0.15) is 81.4 Å². The molecule has 0 aliphatic heterocycles. The summed E-state index contributed by atoms with van der Waals surface area (Å²) < 4.78 is 0. The largest absolute Gasteiger partial charge is 0.504 e. The van der Waals surface area contributed by atoms with Crippen molar-refractivity contribution < 1.29 is 15.3 Å². The van der Waals surface area contributed by atoms with E-state index in [1.165, 1.54) is 44.9 Å². The summed E-state index contributed by atoms with van der Waals surface area (Å²) in [4.78, 5) is 0. The van der Waals surface area contributed by atoms with Crippen LogP contribution in [0.3, 0.4) is 0 Å². The number of aryl methyl sites for hydroxylation is 1. The van der Waals surface area contributed by atoms with E-state index >= 15 is 0 Å². The molecule has 2 aromatic rings. The summed E-state index contributed by atoms with van der Waals surface area (Å²) in [7, 11) is 0. The van der Waals surface area contributed by atoms with Crippen molar-refractivity contribution in [3.63, 3.8) is 0 Å². The van der Waals surface area contributed by atoms with Crippen molar-refractivity contribution in [2.45, 2.75) is 77.6 Å². The fourth-order valence-electron chi connectivity index (χ4n) is 3.53. The van der Waals surface area contributed by atoms with Crippen molar-refractivity contribution in [3.8, 4) is 17.2 Å². The van der Waals surface area contributed by atoms with E-state index in [2.05, 4.69) is 6.92 Å². The molecule has 0 aliphatic rings. The van der Waals surface area contributed by atoms with Crippen molar-refractivity contribution >= 4 is 0 Å². The van der Waals surface area contributed by atoms with Crippen molar-refractivity contribution in [2.75, 3.05) is 0 Å². The van der Waals surface area contributed by atoms with Crippen LogP contribution >= 0.6 is 0 Å². The predicted octanol–water partition coefficient (Wildman–Crippen LogP) is 6.47. The van der Waals surface area contributed by atoms with Gasteiger partial charge in [0.1, 0.15) is 0 Å². The molecule has 0 amide bonds. The van der Waals surface area contributed by atoms with E-state index in [0.29, 0.717) is 12.0 Å². The molecule has 3 N–H and O–H groups in total. The minimum atomic E-state index is -0.394. The second-order valence-corrected chi connectivity index (χ2v) is 7.48. The van der Waals surface area contributed by atoms with Crippen molar-refractivity contribution in [2.24, 2.45) is 0 Å². The van der Waals surface area contributed by atoms with Crippen molar-refractivity contribution in [3.05, 3.63) is 53.1 Å². The fourth-order valence-corrected chi connectivity index (χ4v) is 3.53. The third-order valence-electron chi connectivity index (χ3n) is 5.19. The molecule has 27 heavy (non-hydrogen) atoms. The molecule has 3 heteroatoms. The number of phenolic OH excluding ortho intramolecular Hbond substituents is 3. The van der Waals surface area contributed by atoms with E-state index < -0.39 is 5.75 Å². The van der Waals surface area contributed by atoms with E-state index in [4.69, 9.17) is 0 Å². The molecule has 148 valence electrons. The molecule has 2 rings (SSSR count). The lowest BCUT2D eigenvalue weighted by atomic mass is 9.97. The molecule has 0 aromatic heterocycles. The summed E-state index contributed by atoms with van der Waals surface area (Å²) in [5.74, 6) is -0.787. The van der Waals surface area contributed by atoms with Crippen LogP contribution in [-0.4, -0.2) is 15.3 Å². The molecule has 0 spiro atoms. The average Bonchev–Trinajstić information content (AvgIpc) is 2.69. The van der Waals surface area contributed by atoms with Gasteiger partial charge in [-0.25, -0.2) is 0 Å². The first-order valence-corrected chi connectivity index (χ1v) is 10.4. The van der Waals surface area contributed by atoms with Crippen LogP contribution in [0.5, 0.6) is 17.2 Å². The summed E-state index contributed by atoms with van der Waals surface area (Å²) in [6.45, 7) is 2.24. The Hall–Kier alpha value is -2.16. The minimum Gasteiger partial charge on any atom is -0.504 e. The first-order valence-electron chi connectivity index (χ1n) is 10.4. The van der Waals surface area contributed by atoms with E-state index in [0.717, 1.165) is 30.4 Å². The Morgan fingerprint density at radius 3 is 1.81 bits per heavy atom. The van der Waals surface area contributed by atoms with E-state index in [1.54, 1.807) is 0 Å². The molecule has 0 atom stereocenters. The Bertz CT molecular complexity index is 680. The maximum Gasteiger partial charge on any atom is 0.200 e. The lowest BCUT2D eigenvalue weighted by Crippen LogP contribution is -1.95. The highest BCUT2D eigenvalue weighted by molar-refractivity contribution is 5.58. The number of aromatic hydroxyl groups is 3. The smallest absolute Gasteiger partial charge is 0.200 e. The van der Waals surface area contributed by atoms with Crippen LogP contribution in [0.2, 0.25) is 0 Å². The van der Waals surface area contributed by atoms with Gasteiger partial charge in [-0.1, -0.05) is 88.6 Å². The zero-order valence-electron chi connectivity index (χ0n) is 16.6. The van der Waals surface area contributed by atoms with Gasteiger partial charge in [0.2, 0.25) is 5.75 Å². The maximum absolute atomic E-state index is 10.2. The standard InChI is InChI=1S/C24H34O3/c1-2-3-4-5-6-7-8-9-13-16-20-18-21(23(26)24(27)22(20)25)17-19-14-11-10-12-15-19/h10-12,14-15,18,25-27H,2-9,13,16-17H2,1H3. The molecule has 3 nitrogen and oxygen atoms in total. The Morgan fingerprint density at radius 1 is 0.630 bits per heavy atom. The van der Waals surface area contributed by atoms with E-state index in [1.807, 2.05) is 36.4 Å². The Balaban J connectivity index is 1.85. The molecule has 0 fully saturated rings. The number of benzene rings is 2. The van der Waals surface area contributed by atoms with Gasteiger partial charge in [-0.2, -0.15) is 0 Å². The predicted molar refractivity (Wildman–Crippen MR) is 112 cm³/mol. The summed E-state index contributed by atoms with van der Waals surface area (Å²) in [5.41, 5.74) is 2.44. The molecular weight excluding hydrogens is 336 g/mol. The molecule has 0 aliphatic carbocycles. The maximum atomic E-state index is 10.2. The Kier molecular flexibility index (Phi) is 9.03. The monoisotopic (exact) mass is 370 g/mol. The summed E-state index contributed by atoms with van der Waals surface area (Å²) in [6, 6.07) is 11.7. The molecule has 0 bridgehead atoms. The zero-order valence-corrected chi connectivity index (χ0v) is 16.6. The van der Waals surface area contributed by atoms with Crippen LogP contribution in [0.15, 0.2) is 36.4 Å². The molecular formula is C24H34O3. The third kappa shape index (κ3) is 6.82. The fraction of sp³-hybridized carbons (Fsp3) is 0.500. The van der Waals surface area contributed by atoms with Crippen LogP contribution in [-0.2, 0) is 12.8 Å². The van der Waals surface area contributed by atoms with Gasteiger partial charge in [0.15, 0.2) is 11.5 Å². The molecule has 0 heterocycles. The van der Waals surface area contributed by atoms with Gasteiger partial charge in [0.25, 0.3) is 0 Å². The van der Waals surface area contributed by atoms with Crippen LogP contribution in [0.4, 0.5) is 0 Å². The number of unbranched alkanes of at least 4 members (excludes halogenated alkanes) is 8. The van der Waals surface area contributed by atoms with Gasteiger partial charge >= 0.3 is 0 Å².